The maximum Gasteiger partial charge on any atom is 0.321 e. The van der Waals surface area contributed by atoms with Crippen molar-refractivity contribution in [2.24, 2.45) is 11.3 Å². The van der Waals surface area contributed by atoms with E-state index in [9.17, 15) is 20.2 Å². The second-order valence-corrected chi connectivity index (χ2v) is 4.33. The van der Waals surface area contributed by atoms with E-state index in [0.717, 1.165) is 0 Å². The smallest absolute Gasteiger partial charge is 0.258 e. The number of rotatable bonds is 4. The van der Waals surface area contributed by atoms with Crippen LogP contribution in [0.25, 0.3) is 0 Å². The Bertz CT molecular complexity index is 414. The molecule has 17 heavy (non-hydrogen) atoms. The van der Waals surface area contributed by atoms with Crippen molar-refractivity contribution < 1.29 is 9.85 Å². The first-order chi connectivity index (χ1) is 7.66. The van der Waals surface area contributed by atoms with Crippen LogP contribution in [0.5, 0.6) is 0 Å². The van der Waals surface area contributed by atoms with Gasteiger partial charge in [-0.15, -0.1) is 0 Å². The Kier molecular flexibility index (Phi) is 4.46. The molecule has 2 N–H and O–H groups in total. The summed E-state index contributed by atoms with van der Waals surface area (Å²) in [5.74, 6) is 1.88. The molecule has 0 spiro atoms. The molecule has 0 bridgehead atoms. The molecule has 0 amide bonds. The summed E-state index contributed by atoms with van der Waals surface area (Å²) in [7, 11) is 0. The SMILES string of the molecule is CC(C)(C)C(C(=C=N)[N+](=O)[O-])C(=C=N)[N+](=O)[O-]. The van der Waals surface area contributed by atoms with E-state index in [2.05, 4.69) is 0 Å². The summed E-state index contributed by atoms with van der Waals surface area (Å²) in [5.41, 5.74) is -2.39. The summed E-state index contributed by atoms with van der Waals surface area (Å²) in [4.78, 5) is 19.6. The molecule has 0 aromatic heterocycles. The van der Waals surface area contributed by atoms with E-state index < -0.39 is 32.6 Å². The molecular formula is C9H12N4O4. The van der Waals surface area contributed by atoms with Crippen LogP contribution in [0.3, 0.4) is 0 Å². The van der Waals surface area contributed by atoms with Gasteiger partial charge in [0, 0.05) is 0 Å². The highest BCUT2D eigenvalue weighted by Crippen LogP contribution is 2.36. The molecule has 0 saturated heterocycles. The molecule has 0 rings (SSSR count). The first-order valence-corrected chi connectivity index (χ1v) is 4.54. The number of nitrogens with one attached hydrogen (secondary N) is 2. The summed E-state index contributed by atoms with van der Waals surface area (Å²) in [6.07, 6.45) is 0. The van der Waals surface area contributed by atoms with Crippen molar-refractivity contribution >= 4 is 11.7 Å². The summed E-state index contributed by atoms with van der Waals surface area (Å²) < 4.78 is 0. The Morgan fingerprint density at radius 1 is 1.06 bits per heavy atom. The average Bonchev–Trinajstić information content (AvgIpc) is 2.15. The van der Waals surface area contributed by atoms with Gasteiger partial charge in [0.2, 0.25) is 0 Å². The van der Waals surface area contributed by atoms with Crippen LogP contribution >= 0.6 is 0 Å². The highest BCUT2D eigenvalue weighted by molar-refractivity contribution is 5.59. The van der Waals surface area contributed by atoms with Crippen LogP contribution in [0.4, 0.5) is 0 Å². The van der Waals surface area contributed by atoms with Crippen molar-refractivity contribution in [3.8, 4) is 0 Å². The van der Waals surface area contributed by atoms with Gasteiger partial charge in [0.1, 0.15) is 0 Å². The van der Waals surface area contributed by atoms with Crippen LogP contribution in [-0.2, 0) is 0 Å². The summed E-state index contributed by atoms with van der Waals surface area (Å²) in [6, 6.07) is 0. The van der Waals surface area contributed by atoms with Crippen molar-refractivity contribution in [2.45, 2.75) is 20.8 Å². The molecule has 0 aliphatic rings. The third kappa shape index (κ3) is 3.34. The Morgan fingerprint density at radius 2 is 1.35 bits per heavy atom. The lowest BCUT2D eigenvalue weighted by molar-refractivity contribution is -0.461. The third-order valence-electron chi connectivity index (χ3n) is 2.06. The molecule has 0 saturated carbocycles. The molecule has 8 heteroatoms. The minimum atomic E-state index is -1.32. The molecule has 0 aromatic carbocycles. The Balaban J connectivity index is 5.95. The van der Waals surface area contributed by atoms with Gasteiger partial charge >= 0.3 is 11.4 Å². The monoisotopic (exact) mass is 240 g/mol. The predicted octanol–water partition coefficient (Wildman–Crippen LogP) is 1.47. The molecule has 0 aromatic rings. The first kappa shape index (κ1) is 14.7. The average molecular weight is 240 g/mol. The largest absolute Gasteiger partial charge is 0.321 e. The van der Waals surface area contributed by atoms with E-state index in [1.807, 2.05) is 0 Å². The van der Waals surface area contributed by atoms with Gasteiger partial charge < -0.3 is 0 Å². The van der Waals surface area contributed by atoms with Gasteiger partial charge in [0.25, 0.3) is 0 Å². The van der Waals surface area contributed by atoms with Crippen LogP contribution in [0.1, 0.15) is 20.8 Å². The van der Waals surface area contributed by atoms with Gasteiger partial charge in [-0.3, -0.25) is 31.0 Å². The summed E-state index contributed by atoms with van der Waals surface area (Å²) in [6.45, 7) is 4.62. The molecule has 0 heterocycles. The summed E-state index contributed by atoms with van der Waals surface area (Å²) in [5, 5.41) is 35.2. The molecule has 0 radical (unpaired) electrons. The van der Waals surface area contributed by atoms with Crippen LogP contribution in [0.2, 0.25) is 0 Å². The zero-order valence-electron chi connectivity index (χ0n) is 9.60. The number of nitro groups is 2. The van der Waals surface area contributed by atoms with Gasteiger partial charge in [-0.1, -0.05) is 20.8 Å². The highest BCUT2D eigenvalue weighted by atomic mass is 16.6. The van der Waals surface area contributed by atoms with Crippen molar-refractivity contribution in [3.05, 3.63) is 31.6 Å². The van der Waals surface area contributed by atoms with Crippen molar-refractivity contribution in [1.82, 2.24) is 0 Å². The maximum absolute atomic E-state index is 10.7. The minimum absolute atomic E-state index is 0.746. The van der Waals surface area contributed by atoms with Gasteiger partial charge in [-0.2, -0.15) is 0 Å². The lowest BCUT2D eigenvalue weighted by Crippen LogP contribution is -2.31. The van der Waals surface area contributed by atoms with Gasteiger partial charge in [0.05, 0.1) is 21.6 Å². The summed E-state index contributed by atoms with van der Waals surface area (Å²) >= 11 is 0. The lowest BCUT2D eigenvalue weighted by Gasteiger charge is -2.23. The second-order valence-electron chi connectivity index (χ2n) is 4.33. The van der Waals surface area contributed by atoms with E-state index in [0.29, 0.717) is 0 Å². The van der Waals surface area contributed by atoms with Crippen molar-refractivity contribution in [3.63, 3.8) is 0 Å². The van der Waals surface area contributed by atoms with Crippen molar-refractivity contribution in [2.75, 3.05) is 0 Å². The number of nitrogens with zero attached hydrogens (tertiary/aromatic N) is 2. The fourth-order valence-corrected chi connectivity index (χ4v) is 1.40. The second kappa shape index (κ2) is 5.16. The molecule has 8 nitrogen and oxygen atoms in total. The van der Waals surface area contributed by atoms with E-state index in [-0.39, 0.29) is 0 Å². The molecule has 0 atom stereocenters. The Morgan fingerprint density at radius 3 is 1.47 bits per heavy atom. The van der Waals surface area contributed by atoms with Gasteiger partial charge in [0.15, 0.2) is 5.92 Å². The van der Waals surface area contributed by atoms with Crippen molar-refractivity contribution in [1.29, 1.82) is 10.8 Å². The maximum atomic E-state index is 10.7. The Labute approximate surface area is 97.0 Å². The number of hydrogen-bond donors (Lipinski definition) is 2. The lowest BCUT2D eigenvalue weighted by atomic mass is 9.77. The molecule has 0 aliphatic carbocycles. The zero-order valence-corrected chi connectivity index (χ0v) is 9.60. The van der Waals surface area contributed by atoms with Gasteiger partial charge in [-0.05, 0) is 5.41 Å². The Hall–Kier alpha value is -2.30. The molecule has 0 unspecified atom stereocenters. The topological polar surface area (TPSA) is 134 Å². The molecule has 0 fully saturated rings. The predicted molar refractivity (Wildman–Crippen MR) is 59.4 cm³/mol. The van der Waals surface area contributed by atoms with Crippen LogP contribution in [0.15, 0.2) is 11.4 Å². The standard InChI is InChI=1S/C9H12N4O4/c1-9(2,3)8(6(4-10)12(14)15)7(5-11)13(16)17/h8,10-11H,1-3H3. The molecular weight excluding hydrogens is 228 g/mol. The first-order valence-electron chi connectivity index (χ1n) is 4.54. The van der Waals surface area contributed by atoms with E-state index in [4.69, 9.17) is 10.8 Å². The van der Waals surface area contributed by atoms with E-state index in [1.54, 1.807) is 32.5 Å². The highest BCUT2D eigenvalue weighted by Gasteiger charge is 2.45. The molecule has 0 aliphatic heterocycles. The van der Waals surface area contributed by atoms with E-state index in [1.165, 1.54) is 0 Å². The zero-order chi connectivity index (χ0) is 13.8. The fraction of sp³-hybridized carbons (Fsp3) is 0.556. The molecule has 92 valence electrons. The van der Waals surface area contributed by atoms with Crippen LogP contribution in [0, 0.1) is 42.4 Å². The van der Waals surface area contributed by atoms with Crippen LogP contribution < -0.4 is 0 Å². The fourth-order valence-electron chi connectivity index (χ4n) is 1.40. The van der Waals surface area contributed by atoms with Gasteiger partial charge in [-0.25, -0.2) is 0 Å². The normalized spacial score (nSPS) is 11.9. The third-order valence-corrected chi connectivity index (χ3v) is 2.06. The van der Waals surface area contributed by atoms with Crippen LogP contribution in [-0.4, -0.2) is 21.6 Å². The van der Waals surface area contributed by atoms with E-state index >= 15 is 0 Å². The minimum Gasteiger partial charge on any atom is -0.258 e. The quantitative estimate of drug-likeness (QED) is 0.437. The number of hydrogen-bond acceptors (Lipinski definition) is 6.